The Morgan fingerprint density at radius 1 is 1.10 bits per heavy atom. The molecule has 0 radical (unpaired) electrons. The van der Waals surface area contributed by atoms with Gasteiger partial charge in [0.2, 0.25) is 11.8 Å². The van der Waals surface area contributed by atoms with Gasteiger partial charge in [-0.2, -0.15) is 0 Å². The van der Waals surface area contributed by atoms with Gasteiger partial charge in [-0.05, 0) is 61.7 Å². The molecule has 5 rings (SSSR count). The van der Waals surface area contributed by atoms with Crippen LogP contribution in [-0.2, 0) is 9.59 Å². The number of hydrogen-bond acceptors (Lipinski definition) is 2. The number of piperazine rings is 1. The van der Waals surface area contributed by atoms with Gasteiger partial charge in [0.05, 0.1) is 6.54 Å². The molecule has 0 aromatic carbocycles. The molecule has 0 aromatic heterocycles. The summed E-state index contributed by atoms with van der Waals surface area (Å²) in [5, 5.41) is 0. The van der Waals surface area contributed by atoms with Gasteiger partial charge in [0, 0.05) is 26.6 Å². The molecule has 0 unspecified atom stereocenters. The summed E-state index contributed by atoms with van der Waals surface area (Å²) in [6.45, 7) is 1.70. The molecule has 0 spiro atoms. The second-order valence-electron chi connectivity index (χ2n) is 8.22. The zero-order chi connectivity index (χ0) is 14.6. The fourth-order valence-electron chi connectivity index (χ4n) is 5.91. The molecular weight excluding hydrogens is 264 g/mol. The minimum Gasteiger partial charge on any atom is -0.342 e. The summed E-state index contributed by atoms with van der Waals surface area (Å²) in [6.07, 6.45) is 8.76. The summed E-state index contributed by atoms with van der Waals surface area (Å²) < 4.78 is 0. The minimum absolute atomic E-state index is 0.0834. The molecule has 116 valence electrons. The molecule has 4 nitrogen and oxygen atoms in total. The zero-order valence-electron chi connectivity index (χ0n) is 13.0. The lowest BCUT2D eigenvalue weighted by Gasteiger charge is -2.57. The number of carbonyl (C=O) groups excluding carboxylic acids is 2. The summed E-state index contributed by atoms with van der Waals surface area (Å²) in [5.41, 5.74) is 0.290. The predicted octanol–water partition coefficient (Wildman–Crippen LogP) is 1.89. The third kappa shape index (κ3) is 2.36. The highest BCUT2D eigenvalue weighted by Gasteiger charge is 2.51. The number of carbonyl (C=O) groups is 2. The first-order valence-electron chi connectivity index (χ1n) is 8.55. The standard InChI is InChI=1S/C17H26N2O2/c1-18-2-3-19(11-16(18)21)15(20)10-17-7-12-4-13(8-17)6-14(5-12)9-17/h12-14H,2-11H2,1H3. The van der Waals surface area contributed by atoms with E-state index in [4.69, 9.17) is 0 Å². The van der Waals surface area contributed by atoms with Gasteiger partial charge in [-0.15, -0.1) is 0 Å². The van der Waals surface area contributed by atoms with E-state index in [-0.39, 0.29) is 17.2 Å². The largest absolute Gasteiger partial charge is 0.342 e. The van der Waals surface area contributed by atoms with E-state index in [0.717, 1.165) is 17.8 Å². The lowest BCUT2D eigenvalue weighted by molar-refractivity contribution is -0.148. The Morgan fingerprint density at radius 2 is 1.67 bits per heavy atom. The van der Waals surface area contributed by atoms with Crippen LogP contribution in [0.5, 0.6) is 0 Å². The Kier molecular flexibility index (Phi) is 3.05. The lowest BCUT2D eigenvalue weighted by atomic mass is 9.49. The first kappa shape index (κ1) is 13.6. The third-order valence-corrected chi connectivity index (χ3v) is 6.50. The fraction of sp³-hybridized carbons (Fsp3) is 0.882. The molecule has 2 amide bonds. The lowest BCUT2D eigenvalue weighted by Crippen LogP contribution is -2.53. The second kappa shape index (κ2) is 4.72. The Balaban J connectivity index is 1.44. The van der Waals surface area contributed by atoms with Crippen molar-refractivity contribution in [2.24, 2.45) is 23.2 Å². The molecule has 5 aliphatic rings. The topological polar surface area (TPSA) is 40.6 Å². The van der Waals surface area contributed by atoms with Crippen molar-refractivity contribution in [1.82, 2.24) is 9.80 Å². The number of hydrogen-bond donors (Lipinski definition) is 0. The van der Waals surface area contributed by atoms with E-state index in [1.54, 1.807) is 9.80 Å². The predicted molar refractivity (Wildman–Crippen MR) is 79.4 cm³/mol. The fourth-order valence-corrected chi connectivity index (χ4v) is 5.91. The van der Waals surface area contributed by atoms with Crippen LogP contribution >= 0.6 is 0 Å². The van der Waals surface area contributed by atoms with E-state index in [0.29, 0.717) is 26.1 Å². The van der Waals surface area contributed by atoms with Gasteiger partial charge < -0.3 is 9.80 Å². The van der Waals surface area contributed by atoms with Gasteiger partial charge in [0.1, 0.15) is 0 Å². The van der Waals surface area contributed by atoms with Crippen LogP contribution < -0.4 is 0 Å². The van der Waals surface area contributed by atoms with Crippen LogP contribution in [0.1, 0.15) is 44.9 Å². The Labute approximate surface area is 126 Å². The molecule has 1 aliphatic heterocycles. The average molecular weight is 290 g/mol. The van der Waals surface area contributed by atoms with Crippen molar-refractivity contribution in [2.75, 3.05) is 26.7 Å². The Hall–Kier alpha value is -1.06. The molecule has 1 heterocycles. The SMILES string of the molecule is CN1CCN(C(=O)CC23CC4CC(CC(C4)C2)C3)CC1=O. The summed E-state index contributed by atoms with van der Waals surface area (Å²) in [6, 6.07) is 0. The first-order valence-corrected chi connectivity index (χ1v) is 8.55. The van der Waals surface area contributed by atoms with E-state index in [9.17, 15) is 9.59 Å². The van der Waals surface area contributed by atoms with Crippen molar-refractivity contribution in [3.63, 3.8) is 0 Å². The minimum atomic E-state index is 0.0834. The summed E-state index contributed by atoms with van der Waals surface area (Å²) >= 11 is 0. The number of likely N-dealkylation sites (N-methyl/N-ethyl adjacent to an activating group) is 1. The third-order valence-electron chi connectivity index (χ3n) is 6.50. The van der Waals surface area contributed by atoms with Crippen molar-refractivity contribution in [3.8, 4) is 0 Å². The Morgan fingerprint density at radius 3 is 2.19 bits per heavy atom. The maximum atomic E-state index is 12.7. The smallest absolute Gasteiger partial charge is 0.241 e. The highest BCUT2D eigenvalue weighted by molar-refractivity contribution is 5.86. The summed E-state index contributed by atoms with van der Waals surface area (Å²) in [4.78, 5) is 28.0. The van der Waals surface area contributed by atoms with Crippen LogP contribution in [0.25, 0.3) is 0 Å². The number of rotatable bonds is 2. The molecule has 4 bridgehead atoms. The molecule has 4 heteroatoms. The van der Waals surface area contributed by atoms with Crippen molar-refractivity contribution < 1.29 is 9.59 Å². The van der Waals surface area contributed by atoms with Crippen LogP contribution in [-0.4, -0.2) is 48.3 Å². The maximum Gasteiger partial charge on any atom is 0.241 e. The van der Waals surface area contributed by atoms with E-state index in [1.807, 2.05) is 7.05 Å². The van der Waals surface area contributed by atoms with E-state index in [1.165, 1.54) is 38.5 Å². The van der Waals surface area contributed by atoms with Gasteiger partial charge in [-0.3, -0.25) is 9.59 Å². The van der Waals surface area contributed by atoms with Crippen LogP contribution in [0, 0.1) is 23.2 Å². The van der Waals surface area contributed by atoms with Crippen molar-refractivity contribution in [1.29, 1.82) is 0 Å². The summed E-state index contributed by atoms with van der Waals surface area (Å²) in [7, 11) is 1.82. The average Bonchev–Trinajstić information content (AvgIpc) is 2.39. The van der Waals surface area contributed by atoms with Gasteiger partial charge in [0.15, 0.2) is 0 Å². The highest BCUT2D eigenvalue weighted by Crippen LogP contribution is 2.61. The molecule has 0 aromatic rings. The summed E-state index contributed by atoms with van der Waals surface area (Å²) in [5.74, 6) is 2.98. The maximum absolute atomic E-state index is 12.7. The van der Waals surface area contributed by atoms with Crippen molar-refractivity contribution in [2.45, 2.75) is 44.9 Å². The van der Waals surface area contributed by atoms with Gasteiger partial charge in [-0.25, -0.2) is 0 Å². The Bertz CT molecular complexity index is 438. The quantitative estimate of drug-likeness (QED) is 0.779. The molecule has 4 saturated carbocycles. The van der Waals surface area contributed by atoms with E-state index in [2.05, 4.69) is 0 Å². The van der Waals surface area contributed by atoms with Crippen molar-refractivity contribution in [3.05, 3.63) is 0 Å². The van der Waals surface area contributed by atoms with Gasteiger partial charge >= 0.3 is 0 Å². The molecular formula is C17H26N2O2. The molecule has 0 N–H and O–H groups in total. The molecule has 0 atom stereocenters. The zero-order valence-corrected chi connectivity index (χ0v) is 13.0. The van der Waals surface area contributed by atoms with Crippen LogP contribution in [0.4, 0.5) is 0 Å². The molecule has 4 aliphatic carbocycles. The van der Waals surface area contributed by atoms with E-state index < -0.39 is 0 Å². The van der Waals surface area contributed by atoms with Gasteiger partial charge in [-0.1, -0.05) is 0 Å². The van der Waals surface area contributed by atoms with Crippen LogP contribution in [0.2, 0.25) is 0 Å². The van der Waals surface area contributed by atoms with Crippen molar-refractivity contribution >= 4 is 11.8 Å². The molecule has 21 heavy (non-hydrogen) atoms. The normalized spacial score (nSPS) is 41.8. The number of amides is 2. The monoisotopic (exact) mass is 290 g/mol. The van der Waals surface area contributed by atoms with Crippen LogP contribution in [0.15, 0.2) is 0 Å². The molecule has 1 saturated heterocycles. The number of nitrogens with zero attached hydrogens (tertiary/aromatic N) is 2. The van der Waals surface area contributed by atoms with E-state index >= 15 is 0 Å². The highest BCUT2D eigenvalue weighted by atomic mass is 16.2. The molecule has 5 fully saturated rings. The van der Waals surface area contributed by atoms with Gasteiger partial charge in [0.25, 0.3) is 0 Å². The van der Waals surface area contributed by atoms with Crippen LogP contribution in [0.3, 0.4) is 0 Å². The first-order chi connectivity index (χ1) is 10.0. The second-order valence-corrected chi connectivity index (χ2v) is 8.22.